The average molecular weight is 451 g/mol. The summed E-state index contributed by atoms with van der Waals surface area (Å²) in [6.07, 6.45) is 2.50. The average Bonchev–Trinajstić information content (AvgIpc) is 3.55. The van der Waals surface area contributed by atoms with Crippen LogP contribution in [0.25, 0.3) is 10.9 Å². The predicted octanol–water partition coefficient (Wildman–Crippen LogP) is 6.70. The van der Waals surface area contributed by atoms with Gasteiger partial charge in [0.05, 0.1) is 0 Å². The number of hydrogen-bond acceptors (Lipinski definition) is 2. The molecule has 2 N–H and O–H groups in total. The van der Waals surface area contributed by atoms with Gasteiger partial charge in [-0.3, -0.25) is 4.79 Å². The molecule has 2 heterocycles. The Bertz CT molecular complexity index is 1270. The number of H-pyrrole nitrogens is 1. The molecule has 1 amide bonds. The maximum Gasteiger partial charge on any atom is 0.220 e. The van der Waals surface area contributed by atoms with Crippen LogP contribution < -0.4 is 5.32 Å². The van der Waals surface area contributed by atoms with Gasteiger partial charge >= 0.3 is 0 Å². The maximum atomic E-state index is 13.2. The Morgan fingerprint density at radius 3 is 2.12 bits per heavy atom. The fourth-order valence-electron chi connectivity index (χ4n) is 4.51. The van der Waals surface area contributed by atoms with E-state index in [9.17, 15) is 4.79 Å². The van der Waals surface area contributed by atoms with Crippen molar-refractivity contribution >= 4 is 28.1 Å². The molecule has 0 saturated carbocycles. The van der Waals surface area contributed by atoms with Crippen molar-refractivity contribution in [2.75, 3.05) is 6.54 Å². The molecular formula is C29H26N2OS. The Labute approximate surface area is 198 Å². The number of hydrogen-bond donors (Lipinski definition) is 2. The highest BCUT2D eigenvalue weighted by molar-refractivity contribution is 7.10. The van der Waals surface area contributed by atoms with Gasteiger partial charge in [0.2, 0.25) is 5.91 Å². The minimum Gasteiger partial charge on any atom is -0.361 e. The van der Waals surface area contributed by atoms with Crippen molar-refractivity contribution in [3.05, 3.63) is 130 Å². The molecule has 0 spiro atoms. The van der Waals surface area contributed by atoms with E-state index in [1.807, 2.05) is 42.5 Å². The molecule has 0 aliphatic carbocycles. The number of carbonyl (C=O) groups excluding carboxylic acids is 1. The Kier molecular flexibility index (Phi) is 6.36. The van der Waals surface area contributed by atoms with Crippen molar-refractivity contribution in [1.82, 2.24) is 10.3 Å². The molecule has 1 atom stereocenters. The first kappa shape index (κ1) is 21.2. The summed E-state index contributed by atoms with van der Waals surface area (Å²) in [6.45, 7) is 0.567. The molecule has 4 heteroatoms. The summed E-state index contributed by atoms with van der Waals surface area (Å²) in [4.78, 5) is 17.8. The zero-order valence-electron chi connectivity index (χ0n) is 18.3. The highest BCUT2D eigenvalue weighted by Crippen LogP contribution is 2.33. The summed E-state index contributed by atoms with van der Waals surface area (Å²) in [5, 5.41) is 6.55. The fraction of sp³-hybridized carbons (Fsp3) is 0.138. The highest BCUT2D eigenvalue weighted by atomic mass is 32.1. The van der Waals surface area contributed by atoms with Gasteiger partial charge in [0.1, 0.15) is 0 Å². The van der Waals surface area contributed by atoms with Crippen LogP contribution in [0.4, 0.5) is 0 Å². The molecule has 0 aliphatic rings. The van der Waals surface area contributed by atoms with E-state index in [1.165, 1.54) is 15.8 Å². The second-order valence-corrected chi connectivity index (χ2v) is 9.22. The second kappa shape index (κ2) is 9.88. The SMILES string of the molecule is O=C(CC(c1ccccc1)c1ccccc1)NC[C@@H](c1cccs1)c1c[nH]c2ccccc12. The predicted molar refractivity (Wildman–Crippen MR) is 137 cm³/mol. The first-order valence-corrected chi connectivity index (χ1v) is 12.1. The van der Waals surface area contributed by atoms with Crippen LogP contribution in [0.5, 0.6) is 0 Å². The number of aromatic amines is 1. The Balaban J connectivity index is 1.36. The summed E-state index contributed by atoms with van der Waals surface area (Å²) < 4.78 is 0. The van der Waals surface area contributed by atoms with Gasteiger partial charge in [0.15, 0.2) is 0 Å². The van der Waals surface area contributed by atoms with Gasteiger partial charge in [-0.15, -0.1) is 11.3 Å². The smallest absolute Gasteiger partial charge is 0.220 e. The van der Waals surface area contributed by atoms with Crippen LogP contribution >= 0.6 is 11.3 Å². The van der Waals surface area contributed by atoms with Crippen LogP contribution in [0.15, 0.2) is 109 Å². The Morgan fingerprint density at radius 2 is 1.45 bits per heavy atom. The lowest BCUT2D eigenvalue weighted by Gasteiger charge is -2.20. The van der Waals surface area contributed by atoms with Crippen molar-refractivity contribution in [1.29, 1.82) is 0 Å². The third-order valence-electron chi connectivity index (χ3n) is 6.18. The summed E-state index contributed by atoms with van der Waals surface area (Å²) in [5.74, 6) is 0.201. The van der Waals surface area contributed by atoms with Gasteiger partial charge in [0.25, 0.3) is 0 Å². The highest BCUT2D eigenvalue weighted by Gasteiger charge is 2.22. The topological polar surface area (TPSA) is 44.9 Å². The van der Waals surface area contributed by atoms with Gasteiger partial charge in [-0.1, -0.05) is 84.9 Å². The van der Waals surface area contributed by atoms with Crippen LogP contribution in [0.2, 0.25) is 0 Å². The molecule has 164 valence electrons. The van der Waals surface area contributed by atoms with Crippen LogP contribution in [-0.4, -0.2) is 17.4 Å². The van der Waals surface area contributed by atoms with Gasteiger partial charge in [-0.05, 0) is 34.2 Å². The lowest BCUT2D eigenvalue weighted by molar-refractivity contribution is -0.121. The van der Waals surface area contributed by atoms with E-state index in [0.29, 0.717) is 13.0 Å². The first-order chi connectivity index (χ1) is 16.3. The number of thiophene rings is 1. The van der Waals surface area contributed by atoms with Gasteiger partial charge in [0, 0.05) is 46.8 Å². The molecule has 5 aromatic rings. The van der Waals surface area contributed by atoms with Crippen LogP contribution in [0.1, 0.15) is 39.8 Å². The Hall–Kier alpha value is -3.63. The number of fused-ring (bicyclic) bond motifs is 1. The fourth-order valence-corrected chi connectivity index (χ4v) is 5.35. The first-order valence-electron chi connectivity index (χ1n) is 11.3. The molecule has 2 aromatic heterocycles. The van der Waals surface area contributed by atoms with Crippen molar-refractivity contribution in [3.63, 3.8) is 0 Å². The molecule has 0 radical (unpaired) electrons. The zero-order chi connectivity index (χ0) is 22.5. The van der Waals surface area contributed by atoms with Gasteiger partial charge in [-0.2, -0.15) is 0 Å². The molecule has 0 fully saturated rings. The minimum atomic E-state index is 0.0284. The summed E-state index contributed by atoms with van der Waals surface area (Å²) in [6, 6.07) is 33.1. The molecule has 0 bridgehead atoms. The summed E-state index contributed by atoms with van der Waals surface area (Å²) in [7, 11) is 0. The van der Waals surface area contributed by atoms with E-state index in [1.54, 1.807) is 11.3 Å². The number of amides is 1. The second-order valence-electron chi connectivity index (χ2n) is 8.24. The number of rotatable bonds is 8. The molecular weight excluding hydrogens is 424 g/mol. The normalized spacial score (nSPS) is 12.2. The van der Waals surface area contributed by atoms with Crippen molar-refractivity contribution in [2.45, 2.75) is 18.3 Å². The third-order valence-corrected chi connectivity index (χ3v) is 7.17. The maximum absolute atomic E-state index is 13.2. The molecule has 0 aliphatic heterocycles. The standard InChI is InChI=1S/C29H26N2OS/c32-29(18-24(21-10-3-1-4-11-21)22-12-5-2-6-13-22)31-20-26(28-16-9-17-33-28)25-19-30-27-15-8-7-14-23(25)27/h1-17,19,24,26,30H,18,20H2,(H,31,32)/t26-/m1/s1. The quantitative estimate of drug-likeness (QED) is 0.271. The number of aromatic nitrogens is 1. The van der Waals surface area contributed by atoms with Crippen molar-refractivity contribution < 1.29 is 4.79 Å². The number of para-hydroxylation sites is 1. The molecule has 5 rings (SSSR count). The largest absolute Gasteiger partial charge is 0.361 e. The van der Waals surface area contributed by atoms with Gasteiger partial charge in [-0.25, -0.2) is 0 Å². The van der Waals surface area contributed by atoms with E-state index in [2.05, 4.69) is 76.5 Å². The number of benzene rings is 3. The summed E-state index contributed by atoms with van der Waals surface area (Å²) in [5.41, 5.74) is 4.65. The van der Waals surface area contributed by atoms with Crippen molar-refractivity contribution in [2.24, 2.45) is 0 Å². The zero-order valence-corrected chi connectivity index (χ0v) is 19.1. The molecule has 3 aromatic carbocycles. The monoisotopic (exact) mass is 450 g/mol. The minimum absolute atomic E-state index is 0.0284. The Morgan fingerprint density at radius 1 is 0.788 bits per heavy atom. The van der Waals surface area contributed by atoms with E-state index in [0.717, 1.165) is 16.6 Å². The van der Waals surface area contributed by atoms with Crippen molar-refractivity contribution in [3.8, 4) is 0 Å². The van der Waals surface area contributed by atoms with E-state index in [-0.39, 0.29) is 17.7 Å². The molecule has 33 heavy (non-hydrogen) atoms. The van der Waals surface area contributed by atoms with E-state index < -0.39 is 0 Å². The van der Waals surface area contributed by atoms with E-state index >= 15 is 0 Å². The van der Waals surface area contributed by atoms with Crippen LogP contribution in [-0.2, 0) is 4.79 Å². The lowest BCUT2D eigenvalue weighted by atomic mass is 9.88. The van der Waals surface area contributed by atoms with E-state index in [4.69, 9.17) is 0 Å². The number of carbonyl (C=O) groups is 1. The van der Waals surface area contributed by atoms with Gasteiger partial charge < -0.3 is 10.3 Å². The van der Waals surface area contributed by atoms with Crippen LogP contribution in [0.3, 0.4) is 0 Å². The lowest BCUT2D eigenvalue weighted by Crippen LogP contribution is -2.30. The van der Waals surface area contributed by atoms with Crippen LogP contribution in [0, 0.1) is 0 Å². The number of nitrogens with one attached hydrogen (secondary N) is 2. The summed E-state index contributed by atoms with van der Waals surface area (Å²) >= 11 is 1.73. The molecule has 3 nitrogen and oxygen atoms in total. The third kappa shape index (κ3) is 4.76. The molecule has 0 saturated heterocycles. The molecule has 0 unspecified atom stereocenters.